The van der Waals surface area contributed by atoms with E-state index in [0.717, 1.165) is 28.6 Å². The van der Waals surface area contributed by atoms with Crippen LogP contribution in [-0.4, -0.2) is 42.7 Å². The van der Waals surface area contributed by atoms with Crippen LogP contribution in [0.1, 0.15) is 31.4 Å². The van der Waals surface area contributed by atoms with Crippen molar-refractivity contribution in [3.63, 3.8) is 0 Å². The second-order valence-electron chi connectivity index (χ2n) is 7.38. The standard InChI is InChI=1S/C23H20ClN3O3S2/c24-16-6-8-18(14-5-7-17-15(12-14)9-10-25-17)26-19(16)13-20-22(30)27(23(31)32-20)11-3-1-2-4-21(28)29/h5-10,12-13,25H,1-4,11H2,(H,28,29)/b20-13-. The molecule has 3 heterocycles. The molecule has 1 aliphatic rings. The maximum absolute atomic E-state index is 12.9. The Morgan fingerprint density at radius 3 is 2.88 bits per heavy atom. The summed E-state index contributed by atoms with van der Waals surface area (Å²) in [6.45, 7) is 0.472. The lowest BCUT2D eigenvalue weighted by atomic mass is 10.1. The molecule has 2 N–H and O–H groups in total. The number of thioether (sulfide) groups is 1. The van der Waals surface area contributed by atoms with Crippen LogP contribution >= 0.6 is 35.6 Å². The minimum Gasteiger partial charge on any atom is -0.481 e. The van der Waals surface area contributed by atoms with E-state index >= 15 is 0 Å². The van der Waals surface area contributed by atoms with E-state index in [4.69, 9.17) is 28.9 Å². The van der Waals surface area contributed by atoms with Crippen LogP contribution in [-0.2, 0) is 9.59 Å². The van der Waals surface area contributed by atoms with Gasteiger partial charge in [-0.05, 0) is 49.2 Å². The van der Waals surface area contributed by atoms with Crippen LogP contribution in [0.5, 0.6) is 0 Å². The Balaban J connectivity index is 1.50. The Morgan fingerprint density at radius 2 is 2.06 bits per heavy atom. The first kappa shape index (κ1) is 22.5. The van der Waals surface area contributed by atoms with Gasteiger partial charge in [0.05, 0.1) is 21.3 Å². The second kappa shape index (κ2) is 9.85. The van der Waals surface area contributed by atoms with Crippen molar-refractivity contribution in [3.8, 4) is 11.3 Å². The summed E-state index contributed by atoms with van der Waals surface area (Å²) in [6.07, 6.45) is 5.72. The van der Waals surface area contributed by atoms with Gasteiger partial charge in [-0.15, -0.1) is 0 Å². The molecule has 4 rings (SSSR count). The first-order chi connectivity index (χ1) is 15.4. The predicted octanol–water partition coefficient (Wildman–Crippen LogP) is 5.73. The van der Waals surface area contributed by atoms with E-state index in [0.29, 0.717) is 39.3 Å². The molecule has 6 nitrogen and oxygen atoms in total. The van der Waals surface area contributed by atoms with Crippen molar-refractivity contribution < 1.29 is 14.7 Å². The van der Waals surface area contributed by atoms with Crippen molar-refractivity contribution in [2.45, 2.75) is 25.7 Å². The molecular formula is C23H20ClN3O3S2. The lowest BCUT2D eigenvalue weighted by Crippen LogP contribution is -2.29. The zero-order valence-corrected chi connectivity index (χ0v) is 19.4. The zero-order chi connectivity index (χ0) is 22.7. The normalized spacial score (nSPS) is 15.3. The molecule has 0 aliphatic carbocycles. The maximum Gasteiger partial charge on any atom is 0.303 e. The Bertz CT molecular complexity index is 1240. The van der Waals surface area contributed by atoms with Gasteiger partial charge in [-0.3, -0.25) is 14.5 Å². The van der Waals surface area contributed by atoms with Gasteiger partial charge in [0.1, 0.15) is 4.32 Å². The highest BCUT2D eigenvalue weighted by molar-refractivity contribution is 8.26. The van der Waals surface area contributed by atoms with Crippen molar-refractivity contribution in [1.82, 2.24) is 14.9 Å². The number of aromatic amines is 1. The fourth-order valence-corrected chi connectivity index (χ4v) is 4.92. The highest BCUT2D eigenvalue weighted by Crippen LogP contribution is 2.34. The molecule has 0 saturated carbocycles. The van der Waals surface area contributed by atoms with Gasteiger partial charge in [0.2, 0.25) is 0 Å². The van der Waals surface area contributed by atoms with E-state index in [9.17, 15) is 9.59 Å². The smallest absolute Gasteiger partial charge is 0.303 e. The van der Waals surface area contributed by atoms with Gasteiger partial charge in [-0.2, -0.15) is 0 Å². The summed E-state index contributed by atoms with van der Waals surface area (Å²) >= 11 is 13.0. The molecule has 2 aromatic heterocycles. The molecule has 0 radical (unpaired) electrons. The van der Waals surface area contributed by atoms with Gasteiger partial charge in [-0.25, -0.2) is 4.98 Å². The Labute approximate surface area is 199 Å². The molecule has 3 aromatic rings. The number of hydrogen-bond acceptors (Lipinski definition) is 5. The molecule has 1 aromatic carbocycles. The number of halogens is 1. The second-order valence-corrected chi connectivity index (χ2v) is 9.46. The summed E-state index contributed by atoms with van der Waals surface area (Å²) < 4.78 is 0.490. The van der Waals surface area contributed by atoms with Crippen LogP contribution in [0, 0.1) is 0 Å². The third-order valence-corrected chi connectivity index (χ3v) is 6.83. The van der Waals surface area contributed by atoms with Crippen molar-refractivity contribution in [1.29, 1.82) is 0 Å². The molecule has 0 atom stereocenters. The van der Waals surface area contributed by atoms with E-state index in [1.165, 1.54) is 11.8 Å². The van der Waals surface area contributed by atoms with E-state index in [1.807, 2.05) is 30.5 Å². The molecule has 9 heteroatoms. The highest BCUT2D eigenvalue weighted by atomic mass is 35.5. The number of fused-ring (bicyclic) bond motifs is 1. The van der Waals surface area contributed by atoms with Gasteiger partial charge in [-0.1, -0.05) is 48.1 Å². The Hall–Kier alpha value is -2.68. The molecule has 0 spiro atoms. The number of carboxylic acids is 1. The number of H-pyrrole nitrogens is 1. The number of carbonyl (C=O) groups excluding carboxylic acids is 1. The number of nitrogens with zero attached hydrogens (tertiary/aromatic N) is 2. The topological polar surface area (TPSA) is 86.3 Å². The average molecular weight is 486 g/mol. The Kier molecular flexibility index (Phi) is 6.93. The third-order valence-electron chi connectivity index (χ3n) is 5.14. The lowest BCUT2D eigenvalue weighted by Gasteiger charge is -2.13. The molecule has 32 heavy (non-hydrogen) atoms. The number of aliphatic carboxylic acids is 1. The van der Waals surface area contributed by atoms with Gasteiger partial charge in [0.25, 0.3) is 5.91 Å². The number of nitrogens with one attached hydrogen (secondary N) is 1. The van der Waals surface area contributed by atoms with Crippen molar-refractivity contribution in [3.05, 3.63) is 58.2 Å². The minimum absolute atomic E-state index is 0.135. The van der Waals surface area contributed by atoms with Crippen molar-refractivity contribution in [2.24, 2.45) is 0 Å². The van der Waals surface area contributed by atoms with Crippen LogP contribution in [0.25, 0.3) is 28.2 Å². The molecule has 1 aliphatic heterocycles. The van der Waals surface area contributed by atoms with Crippen LogP contribution in [0.15, 0.2) is 47.5 Å². The van der Waals surface area contributed by atoms with E-state index in [2.05, 4.69) is 16.0 Å². The van der Waals surface area contributed by atoms with Gasteiger partial charge in [0.15, 0.2) is 0 Å². The number of carboxylic acid groups (broad SMARTS) is 1. The number of rotatable bonds is 8. The lowest BCUT2D eigenvalue weighted by molar-refractivity contribution is -0.137. The van der Waals surface area contributed by atoms with E-state index in [-0.39, 0.29) is 12.3 Å². The average Bonchev–Trinajstić information content (AvgIpc) is 3.33. The summed E-state index contributed by atoms with van der Waals surface area (Å²) in [4.78, 5) is 33.4. The Morgan fingerprint density at radius 1 is 1.22 bits per heavy atom. The molecular weight excluding hydrogens is 466 g/mol. The number of amides is 1. The van der Waals surface area contributed by atoms with Gasteiger partial charge < -0.3 is 10.1 Å². The van der Waals surface area contributed by atoms with Crippen LogP contribution < -0.4 is 0 Å². The number of thiocarbonyl (C=S) groups is 1. The quantitative estimate of drug-likeness (QED) is 0.241. The highest BCUT2D eigenvalue weighted by Gasteiger charge is 2.31. The molecule has 1 fully saturated rings. The SMILES string of the molecule is O=C(O)CCCCCN1C(=O)/C(=C/c2nc(-c3ccc4[nH]ccc4c3)ccc2Cl)SC1=S. The predicted molar refractivity (Wildman–Crippen MR) is 133 cm³/mol. The molecule has 0 unspecified atom stereocenters. The fraction of sp³-hybridized carbons (Fsp3) is 0.217. The molecule has 1 saturated heterocycles. The molecule has 1 amide bonds. The third kappa shape index (κ3) is 5.03. The largest absolute Gasteiger partial charge is 0.481 e. The number of aromatic nitrogens is 2. The zero-order valence-electron chi connectivity index (χ0n) is 17.0. The van der Waals surface area contributed by atoms with Crippen molar-refractivity contribution >= 4 is 68.8 Å². The molecule has 164 valence electrons. The van der Waals surface area contributed by atoms with Crippen LogP contribution in [0.3, 0.4) is 0 Å². The monoisotopic (exact) mass is 485 g/mol. The fourth-order valence-electron chi connectivity index (χ4n) is 3.47. The number of unbranched alkanes of at least 4 members (excludes halogenated alkanes) is 2. The maximum atomic E-state index is 12.9. The minimum atomic E-state index is -0.807. The van der Waals surface area contributed by atoms with Gasteiger partial charge >= 0.3 is 5.97 Å². The summed E-state index contributed by atoms with van der Waals surface area (Å²) in [7, 11) is 0. The number of benzene rings is 1. The summed E-state index contributed by atoms with van der Waals surface area (Å²) in [5.41, 5.74) is 3.28. The summed E-state index contributed by atoms with van der Waals surface area (Å²) in [6, 6.07) is 11.7. The first-order valence-corrected chi connectivity index (χ1v) is 11.7. The first-order valence-electron chi connectivity index (χ1n) is 10.1. The number of carbonyl (C=O) groups is 2. The van der Waals surface area contributed by atoms with Crippen LogP contribution in [0.2, 0.25) is 5.02 Å². The van der Waals surface area contributed by atoms with E-state index in [1.54, 1.807) is 17.0 Å². The van der Waals surface area contributed by atoms with Gasteiger partial charge in [0, 0.05) is 35.6 Å². The summed E-state index contributed by atoms with van der Waals surface area (Å²) in [5, 5.41) is 10.3. The molecule has 0 bridgehead atoms. The van der Waals surface area contributed by atoms with Crippen LogP contribution in [0.4, 0.5) is 0 Å². The number of pyridine rings is 1. The van der Waals surface area contributed by atoms with Crippen molar-refractivity contribution in [2.75, 3.05) is 6.54 Å². The number of hydrogen-bond donors (Lipinski definition) is 2. The summed E-state index contributed by atoms with van der Waals surface area (Å²) in [5.74, 6) is -0.978. The van der Waals surface area contributed by atoms with E-state index < -0.39 is 5.97 Å².